The van der Waals surface area contributed by atoms with E-state index in [-0.39, 0.29) is 11.8 Å². The van der Waals surface area contributed by atoms with E-state index in [1.807, 2.05) is 48.7 Å². The molecule has 4 aromatic rings. The molecule has 0 unspecified atom stereocenters. The zero-order chi connectivity index (χ0) is 22.4. The Morgan fingerprint density at radius 3 is 2.88 bits per heavy atom. The number of aromatic amines is 1. The minimum Gasteiger partial charge on any atom is -0.338 e. The number of amides is 1. The van der Waals surface area contributed by atoms with Crippen LogP contribution in [0.2, 0.25) is 5.02 Å². The Labute approximate surface area is 191 Å². The largest absolute Gasteiger partial charge is 0.338 e. The van der Waals surface area contributed by atoms with Crippen LogP contribution in [0.1, 0.15) is 36.4 Å². The minimum atomic E-state index is 0.0229. The second-order valence-electron chi connectivity index (χ2n) is 8.67. The summed E-state index contributed by atoms with van der Waals surface area (Å²) in [5.41, 5.74) is 5.36. The molecule has 2 aromatic heterocycles. The van der Waals surface area contributed by atoms with Crippen molar-refractivity contribution in [1.82, 2.24) is 29.9 Å². The Morgan fingerprint density at radius 1 is 1.22 bits per heavy atom. The van der Waals surface area contributed by atoms with E-state index in [4.69, 9.17) is 16.6 Å². The average molecular weight is 449 g/mol. The van der Waals surface area contributed by atoms with Crippen LogP contribution in [-0.4, -0.2) is 42.3 Å². The van der Waals surface area contributed by atoms with Gasteiger partial charge < -0.3 is 4.90 Å². The van der Waals surface area contributed by atoms with E-state index in [2.05, 4.69) is 27.4 Å². The first-order valence-electron chi connectivity index (χ1n) is 10.8. The van der Waals surface area contributed by atoms with Gasteiger partial charge in [0.2, 0.25) is 5.91 Å². The lowest BCUT2D eigenvalue weighted by Gasteiger charge is -2.30. The predicted molar refractivity (Wildman–Crippen MR) is 124 cm³/mol. The van der Waals surface area contributed by atoms with Gasteiger partial charge in [0.05, 0.1) is 16.7 Å². The van der Waals surface area contributed by atoms with Crippen LogP contribution < -0.4 is 0 Å². The number of H-pyrrole nitrogens is 1. The first-order valence-corrected chi connectivity index (χ1v) is 11.2. The van der Waals surface area contributed by atoms with Crippen LogP contribution in [0.3, 0.4) is 0 Å². The fraction of sp³-hybridized carbons (Fsp3) is 0.333. The van der Waals surface area contributed by atoms with Gasteiger partial charge in [0.1, 0.15) is 5.82 Å². The van der Waals surface area contributed by atoms with Crippen LogP contribution in [0.4, 0.5) is 0 Å². The molecule has 8 heteroatoms. The summed E-state index contributed by atoms with van der Waals surface area (Å²) in [6.07, 6.45) is 3.18. The van der Waals surface area contributed by atoms with Crippen LogP contribution in [0.25, 0.3) is 22.3 Å². The number of hydrogen-bond acceptors (Lipinski definition) is 4. The third-order valence-electron chi connectivity index (χ3n) is 6.12. The standard InChI is InChI=1S/C24H25ClN6O/c1-14(2)24(32)31-9-8-15-10-17(4-5-18(15)13-31)23-27-21(30(3)29-23)11-16-6-7-20-19(22(16)25)12-26-28-20/h4-7,10,12,14H,8-9,11,13H2,1-3H3,(H,26,28). The summed E-state index contributed by atoms with van der Waals surface area (Å²) < 4.78 is 1.81. The number of aryl methyl sites for hydroxylation is 1. The molecule has 0 saturated heterocycles. The van der Waals surface area contributed by atoms with E-state index in [1.165, 1.54) is 11.1 Å². The number of aromatic nitrogens is 5. The lowest BCUT2D eigenvalue weighted by Crippen LogP contribution is -2.38. The smallest absolute Gasteiger partial charge is 0.225 e. The van der Waals surface area contributed by atoms with Crippen molar-refractivity contribution in [1.29, 1.82) is 0 Å². The Bertz CT molecular complexity index is 1320. The molecule has 5 rings (SSSR count). The highest BCUT2D eigenvalue weighted by Gasteiger charge is 2.23. The second kappa shape index (κ2) is 8.06. The molecular formula is C24H25ClN6O. The zero-order valence-electron chi connectivity index (χ0n) is 18.4. The summed E-state index contributed by atoms with van der Waals surface area (Å²) in [7, 11) is 1.91. The summed E-state index contributed by atoms with van der Waals surface area (Å²) in [6, 6.07) is 10.3. The highest BCUT2D eigenvalue weighted by molar-refractivity contribution is 6.36. The number of nitrogens with zero attached hydrogens (tertiary/aromatic N) is 5. The minimum absolute atomic E-state index is 0.0229. The third kappa shape index (κ3) is 3.66. The van der Waals surface area contributed by atoms with Crippen molar-refractivity contribution in [2.75, 3.05) is 6.54 Å². The van der Waals surface area contributed by atoms with Crippen LogP contribution in [0.5, 0.6) is 0 Å². The zero-order valence-corrected chi connectivity index (χ0v) is 19.1. The summed E-state index contributed by atoms with van der Waals surface area (Å²) in [6.45, 7) is 5.32. The number of halogens is 1. The Kier molecular flexibility index (Phi) is 5.21. The SMILES string of the molecule is CC(C)C(=O)N1CCc2cc(-c3nc(Cc4ccc5[nH]ncc5c4Cl)n(C)n3)ccc2C1. The maximum atomic E-state index is 12.4. The van der Waals surface area contributed by atoms with Gasteiger partial charge in [0.25, 0.3) is 0 Å². The van der Waals surface area contributed by atoms with Gasteiger partial charge in [-0.1, -0.05) is 43.6 Å². The van der Waals surface area contributed by atoms with Crippen LogP contribution in [0.15, 0.2) is 36.5 Å². The second-order valence-corrected chi connectivity index (χ2v) is 9.05. The molecule has 32 heavy (non-hydrogen) atoms. The van der Waals surface area contributed by atoms with E-state index < -0.39 is 0 Å². The highest BCUT2D eigenvalue weighted by Crippen LogP contribution is 2.29. The van der Waals surface area contributed by atoms with Gasteiger partial charge >= 0.3 is 0 Å². The Hall–Kier alpha value is -3.19. The predicted octanol–water partition coefficient (Wildman–Crippen LogP) is 4.14. The lowest BCUT2D eigenvalue weighted by molar-refractivity contribution is -0.135. The number of carbonyl (C=O) groups is 1. The fourth-order valence-corrected chi connectivity index (χ4v) is 4.55. The van der Waals surface area contributed by atoms with Gasteiger partial charge in [-0.3, -0.25) is 14.6 Å². The first-order chi connectivity index (χ1) is 15.4. The molecule has 1 amide bonds. The van der Waals surface area contributed by atoms with Gasteiger partial charge in [0, 0.05) is 43.4 Å². The average Bonchev–Trinajstić information content (AvgIpc) is 3.41. The summed E-state index contributed by atoms with van der Waals surface area (Å²) in [5, 5.41) is 13.3. The molecule has 2 aromatic carbocycles. The monoisotopic (exact) mass is 448 g/mol. The van der Waals surface area contributed by atoms with E-state index in [0.29, 0.717) is 23.8 Å². The van der Waals surface area contributed by atoms with Crippen molar-refractivity contribution in [2.24, 2.45) is 13.0 Å². The number of fused-ring (bicyclic) bond motifs is 2. The van der Waals surface area contributed by atoms with Crippen LogP contribution >= 0.6 is 11.6 Å². The molecule has 3 heterocycles. The number of hydrogen-bond donors (Lipinski definition) is 1. The molecule has 0 saturated carbocycles. The van der Waals surface area contributed by atoms with Crippen molar-refractivity contribution < 1.29 is 4.79 Å². The first kappa shape index (κ1) is 20.7. The van der Waals surface area contributed by atoms with Crippen molar-refractivity contribution in [3.63, 3.8) is 0 Å². The van der Waals surface area contributed by atoms with Crippen molar-refractivity contribution in [3.8, 4) is 11.4 Å². The molecule has 0 fully saturated rings. The normalized spacial score (nSPS) is 13.7. The molecule has 164 valence electrons. The molecule has 1 aliphatic heterocycles. The topological polar surface area (TPSA) is 79.7 Å². The van der Waals surface area contributed by atoms with Crippen molar-refractivity contribution >= 4 is 28.4 Å². The maximum Gasteiger partial charge on any atom is 0.225 e. The van der Waals surface area contributed by atoms with Gasteiger partial charge in [-0.05, 0) is 35.2 Å². The Morgan fingerprint density at radius 2 is 2.06 bits per heavy atom. The molecule has 0 bridgehead atoms. The van der Waals surface area contributed by atoms with Gasteiger partial charge in [-0.2, -0.15) is 10.2 Å². The number of nitrogens with one attached hydrogen (secondary N) is 1. The quantitative estimate of drug-likeness (QED) is 0.508. The van der Waals surface area contributed by atoms with E-state index >= 15 is 0 Å². The van der Waals surface area contributed by atoms with Crippen LogP contribution in [0, 0.1) is 5.92 Å². The van der Waals surface area contributed by atoms with Gasteiger partial charge in [0.15, 0.2) is 5.82 Å². The molecular weight excluding hydrogens is 424 g/mol. The summed E-state index contributed by atoms with van der Waals surface area (Å²) >= 11 is 6.60. The molecule has 0 radical (unpaired) electrons. The summed E-state index contributed by atoms with van der Waals surface area (Å²) in [4.78, 5) is 19.1. The van der Waals surface area contributed by atoms with Gasteiger partial charge in [-0.15, -0.1) is 0 Å². The molecule has 0 spiro atoms. The third-order valence-corrected chi connectivity index (χ3v) is 6.57. The van der Waals surface area contributed by atoms with Gasteiger partial charge in [-0.25, -0.2) is 4.98 Å². The Balaban J connectivity index is 1.39. The number of benzene rings is 2. The molecule has 0 atom stereocenters. The fourth-order valence-electron chi connectivity index (χ4n) is 4.27. The lowest BCUT2D eigenvalue weighted by atomic mass is 9.96. The molecule has 0 aliphatic carbocycles. The molecule has 7 nitrogen and oxygen atoms in total. The van der Waals surface area contributed by atoms with E-state index in [0.717, 1.165) is 40.8 Å². The number of carbonyl (C=O) groups excluding carboxylic acids is 1. The maximum absolute atomic E-state index is 12.4. The van der Waals surface area contributed by atoms with E-state index in [1.54, 1.807) is 6.20 Å². The molecule has 1 aliphatic rings. The highest BCUT2D eigenvalue weighted by atomic mass is 35.5. The van der Waals surface area contributed by atoms with Crippen molar-refractivity contribution in [3.05, 3.63) is 64.1 Å². The molecule has 1 N–H and O–H groups in total. The van der Waals surface area contributed by atoms with E-state index in [9.17, 15) is 4.79 Å². The van der Waals surface area contributed by atoms with Crippen molar-refractivity contribution in [2.45, 2.75) is 33.2 Å². The van der Waals surface area contributed by atoms with Crippen LogP contribution in [-0.2, 0) is 31.2 Å². The summed E-state index contributed by atoms with van der Waals surface area (Å²) in [5.74, 6) is 1.78. The number of rotatable bonds is 4.